The molecule has 0 radical (unpaired) electrons. The summed E-state index contributed by atoms with van der Waals surface area (Å²) < 4.78 is 6.48. The standard InChI is InChI=1S/C36H38N4O3/c1-24-27(14-13-26-21-39(18-15-29(24)26)25(2)31-9-5-6-17-37-31)23-43-33-11-4-3-8-30(33)32-10-7-12-34(38-32)40-19-16-36(35(41)42)20-28(36)22-40/h3-14,17,25,28H,15-16,18-23H2,1-2H3,(H,41,42)/t25?,28-,36+/m0/s1. The molecule has 2 aliphatic heterocycles. The van der Waals surface area contributed by atoms with E-state index in [-0.39, 0.29) is 12.0 Å². The second-order valence-corrected chi connectivity index (χ2v) is 12.4. The molecule has 1 aliphatic carbocycles. The number of carboxylic acids is 1. The summed E-state index contributed by atoms with van der Waals surface area (Å²) in [6.45, 7) is 8.37. The van der Waals surface area contributed by atoms with Crippen LogP contribution in [0.4, 0.5) is 5.82 Å². The quantitative estimate of drug-likeness (QED) is 0.259. The molecule has 7 heteroatoms. The zero-order valence-corrected chi connectivity index (χ0v) is 24.9. The number of pyridine rings is 2. The summed E-state index contributed by atoms with van der Waals surface area (Å²) in [5.74, 6) is 1.28. The predicted octanol–water partition coefficient (Wildman–Crippen LogP) is 6.45. The van der Waals surface area contributed by atoms with E-state index < -0.39 is 11.4 Å². The minimum absolute atomic E-state index is 0.215. The number of carboxylic acid groups (broad SMARTS) is 1. The fraction of sp³-hybridized carbons (Fsp3) is 0.361. The third-order valence-electron chi connectivity index (χ3n) is 10.0. The third-order valence-corrected chi connectivity index (χ3v) is 10.0. The van der Waals surface area contributed by atoms with E-state index in [1.165, 1.54) is 22.3 Å². The molecule has 2 aromatic carbocycles. The number of hydrogen-bond acceptors (Lipinski definition) is 6. The van der Waals surface area contributed by atoms with E-state index in [1.807, 2.05) is 48.7 Å². The number of benzene rings is 2. The number of hydrogen-bond donors (Lipinski definition) is 1. The Hall–Kier alpha value is -4.23. The lowest BCUT2D eigenvalue weighted by atomic mass is 9.91. The molecule has 4 heterocycles. The van der Waals surface area contributed by atoms with Gasteiger partial charge in [0.1, 0.15) is 18.2 Å². The molecule has 1 unspecified atom stereocenters. The molecule has 3 aliphatic rings. The third kappa shape index (κ3) is 5.16. The van der Waals surface area contributed by atoms with Gasteiger partial charge in [0.25, 0.3) is 0 Å². The molecule has 7 nitrogen and oxygen atoms in total. The Morgan fingerprint density at radius 1 is 1.07 bits per heavy atom. The highest BCUT2D eigenvalue weighted by molar-refractivity contribution is 5.79. The summed E-state index contributed by atoms with van der Waals surface area (Å²) in [5.41, 5.74) is 7.81. The van der Waals surface area contributed by atoms with Crippen LogP contribution in [0.2, 0.25) is 0 Å². The van der Waals surface area contributed by atoms with Crippen LogP contribution in [0.3, 0.4) is 0 Å². The van der Waals surface area contributed by atoms with Crippen molar-refractivity contribution in [2.45, 2.75) is 52.3 Å². The van der Waals surface area contributed by atoms with Gasteiger partial charge in [-0.3, -0.25) is 14.7 Å². The summed E-state index contributed by atoms with van der Waals surface area (Å²) in [7, 11) is 0. The second-order valence-electron chi connectivity index (χ2n) is 12.4. The first-order valence-electron chi connectivity index (χ1n) is 15.4. The van der Waals surface area contributed by atoms with Gasteiger partial charge < -0.3 is 14.7 Å². The molecule has 3 atom stereocenters. The van der Waals surface area contributed by atoms with Gasteiger partial charge in [-0.25, -0.2) is 4.98 Å². The van der Waals surface area contributed by atoms with Crippen LogP contribution in [-0.4, -0.2) is 45.6 Å². The van der Waals surface area contributed by atoms with Crippen molar-refractivity contribution in [3.05, 3.63) is 107 Å². The second kappa shape index (κ2) is 11.1. The average molecular weight is 575 g/mol. The van der Waals surface area contributed by atoms with E-state index in [0.717, 1.165) is 67.5 Å². The topological polar surface area (TPSA) is 78.8 Å². The lowest BCUT2D eigenvalue weighted by Crippen LogP contribution is -2.38. The van der Waals surface area contributed by atoms with Crippen molar-refractivity contribution < 1.29 is 14.6 Å². The Balaban J connectivity index is 1.05. The Bertz CT molecular complexity index is 1660. The van der Waals surface area contributed by atoms with Crippen LogP contribution in [0.25, 0.3) is 11.3 Å². The molecular formula is C36H38N4O3. The highest BCUT2D eigenvalue weighted by Crippen LogP contribution is 2.58. The monoisotopic (exact) mass is 574 g/mol. The van der Waals surface area contributed by atoms with Crippen molar-refractivity contribution in [3.63, 3.8) is 0 Å². The van der Waals surface area contributed by atoms with Crippen molar-refractivity contribution in [2.24, 2.45) is 11.3 Å². The fourth-order valence-electron chi connectivity index (χ4n) is 7.11. The lowest BCUT2D eigenvalue weighted by Gasteiger charge is -2.34. The van der Waals surface area contributed by atoms with Crippen LogP contribution in [0.1, 0.15) is 53.8 Å². The molecule has 7 rings (SSSR count). The summed E-state index contributed by atoms with van der Waals surface area (Å²) in [6.07, 6.45) is 4.35. The first-order chi connectivity index (χ1) is 20.9. The zero-order valence-electron chi connectivity index (χ0n) is 24.9. The van der Waals surface area contributed by atoms with Crippen molar-refractivity contribution in [2.75, 3.05) is 24.5 Å². The molecule has 0 amide bonds. The number of anilines is 1. The van der Waals surface area contributed by atoms with Crippen molar-refractivity contribution >= 4 is 11.8 Å². The molecule has 1 saturated heterocycles. The largest absolute Gasteiger partial charge is 0.488 e. The number of fused-ring (bicyclic) bond motifs is 2. The van der Waals surface area contributed by atoms with E-state index in [2.05, 4.69) is 59.0 Å². The molecule has 2 fully saturated rings. The van der Waals surface area contributed by atoms with Crippen LogP contribution in [0.15, 0.2) is 79.0 Å². The van der Waals surface area contributed by atoms with E-state index >= 15 is 0 Å². The predicted molar refractivity (Wildman–Crippen MR) is 167 cm³/mol. The number of ether oxygens (including phenoxy) is 1. The van der Waals surface area contributed by atoms with Gasteiger partial charge in [0.2, 0.25) is 0 Å². The number of nitrogens with zero attached hydrogens (tertiary/aromatic N) is 4. The first kappa shape index (κ1) is 27.6. The maximum Gasteiger partial charge on any atom is 0.310 e. The summed E-state index contributed by atoms with van der Waals surface area (Å²) in [6, 6.07) is 25.1. The number of piperidine rings is 1. The van der Waals surface area contributed by atoms with Gasteiger partial charge in [-0.15, -0.1) is 0 Å². The maximum absolute atomic E-state index is 11.7. The van der Waals surface area contributed by atoms with Crippen LogP contribution in [0, 0.1) is 18.3 Å². The van der Waals surface area contributed by atoms with Gasteiger partial charge in [0.05, 0.1) is 16.8 Å². The lowest BCUT2D eigenvalue weighted by molar-refractivity contribution is -0.144. The molecule has 220 valence electrons. The molecular weight excluding hydrogens is 536 g/mol. The van der Waals surface area contributed by atoms with E-state index in [1.54, 1.807) is 0 Å². The van der Waals surface area contributed by atoms with Crippen molar-refractivity contribution in [3.8, 4) is 17.0 Å². The SMILES string of the molecule is Cc1c(COc2ccccc2-c2cccc(N3CC[C@@]4(C(=O)O)C[C@H]4C3)n2)ccc2c1CCN(C(C)c1ccccn1)C2. The maximum atomic E-state index is 11.7. The average Bonchev–Trinajstić information content (AvgIpc) is 3.80. The Morgan fingerprint density at radius 3 is 2.74 bits per heavy atom. The molecule has 1 N–H and O–H groups in total. The highest BCUT2D eigenvalue weighted by Gasteiger charge is 2.62. The summed E-state index contributed by atoms with van der Waals surface area (Å²) >= 11 is 0. The van der Waals surface area contributed by atoms with E-state index in [0.29, 0.717) is 13.0 Å². The molecule has 0 spiro atoms. The molecule has 0 bridgehead atoms. The van der Waals surface area contributed by atoms with Crippen LogP contribution in [-0.2, 0) is 24.4 Å². The number of para-hydroxylation sites is 1. The number of rotatable bonds is 8. The molecule has 2 aromatic heterocycles. The summed E-state index contributed by atoms with van der Waals surface area (Å²) in [4.78, 5) is 26.1. The van der Waals surface area contributed by atoms with Crippen LogP contribution < -0.4 is 9.64 Å². The summed E-state index contributed by atoms with van der Waals surface area (Å²) in [5, 5.41) is 9.65. The van der Waals surface area contributed by atoms with Gasteiger partial charge in [-0.1, -0.05) is 36.4 Å². The van der Waals surface area contributed by atoms with Crippen molar-refractivity contribution in [1.29, 1.82) is 0 Å². The van der Waals surface area contributed by atoms with Crippen molar-refractivity contribution in [1.82, 2.24) is 14.9 Å². The minimum atomic E-state index is -0.642. The Kier molecular flexibility index (Phi) is 7.14. The van der Waals surface area contributed by atoms with Crippen LogP contribution in [0.5, 0.6) is 5.75 Å². The normalized spacial score (nSPS) is 21.9. The van der Waals surface area contributed by atoms with Gasteiger partial charge in [-0.05, 0) is 97.7 Å². The van der Waals surface area contributed by atoms with Gasteiger partial charge in [-0.2, -0.15) is 0 Å². The van der Waals surface area contributed by atoms with Crippen LogP contribution >= 0.6 is 0 Å². The first-order valence-corrected chi connectivity index (χ1v) is 15.4. The number of carbonyl (C=O) groups is 1. The smallest absolute Gasteiger partial charge is 0.310 e. The number of aliphatic carboxylic acids is 1. The fourth-order valence-corrected chi connectivity index (χ4v) is 7.11. The highest BCUT2D eigenvalue weighted by atomic mass is 16.5. The minimum Gasteiger partial charge on any atom is -0.488 e. The zero-order chi connectivity index (χ0) is 29.6. The molecule has 1 saturated carbocycles. The number of aromatic nitrogens is 2. The van der Waals surface area contributed by atoms with E-state index in [9.17, 15) is 9.90 Å². The molecule has 4 aromatic rings. The Labute approximate surface area is 253 Å². The van der Waals surface area contributed by atoms with E-state index in [4.69, 9.17) is 9.72 Å². The van der Waals surface area contributed by atoms with Gasteiger partial charge in [0.15, 0.2) is 0 Å². The Morgan fingerprint density at radius 2 is 1.93 bits per heavy atom. The van der Waals surface area contributed by atoms with Gasteiger partial charge >= 0.3 is 5.97 Å². The molecule has 43 heavy (non-hydrogen) atoms. The van der Waals surface area contributed by atoms with Gasteiger partial charge in [0, 0.05) is 44.0 Å².